The van der Waals surface area contributed by atoms with Crippen LogP contribution in [0.25, 0.3) is 0 Å². The number of nitriles is 1. The summed E-state index contributed by atoms with van der Waals surface area (Å²) in [6.07, 6.45) is 0. The maximum absolute atomic E-state index is 11.8. The van der Waals surface area contributed by atoms with Crippen LogP contribution >= 0.6 is 0 Å². The van der Waals surface area contributed by atoms with E-state index in [1.54, 1.807) is 12.1 Å². The molecule has 0 N–H and O–H groups in total. The first-order valence-electron chi connectivity index (χ1n) is 6.50. The number of carbonyl (C=O) groups excluding carboxylic acids is 2. The fourth-order valence-electron chi connectivity index (χ4n) is 1.75. The fourth-order valence-corrected chi connectivity index (χ4v) is 1.75. The van der Waals surface area contributed by atoms with Gasteiger partial charge in [-0.1, -0.05) is 6.07 Å². The SMILES string of the molecule is CCOc1ccc([C@H](C#N)C(=O)C(=O)OC)cc1OCC. The number of methoxy groups -OCH3 is 1. The molecule has 0 aliphatic carbocycles. The van der Waals surface area contributed by atoms with Crippen LogP contribution in [0.3, 0.4) is 0 Å². The molecule has 6 heteroatoms. The van der Waals surface area contributed by atoms with Gasteiger partial charge in [0.2, 0.25) is 0 Å². The molecule has 0 unspecified atom stereocenters. The van der Waals surface area contributed by atoms with Gasteiger partial charge < -0.3 is 14.2 Å². The highest BCUT2D eigenvalue weighted by Crippen LogP contribution is 2.31. The Morgan fingerprint density at radius 3 is 2.33 bits per heavy atom. The molecule has 21 heavy (non-hydrogen) atoms. The van der Waals surface area contributed by atoms with Crippen molar-refractivity contribution in [3.63, 3.8) is 0 Å². The van der Waals surface area contributed by atoms with E-state index in [4.69, 9.17) is 14.7 Å². The van der Waals surface area contributed by atoms with Crippen molar-refractivity contribution in [2.24, 2.45) is 0 Å². The van der Waals surface area contributed by atoms with Crippen molar-refractivity contribution in [3.05, 3.63) is 23.8 Å². The average molecular weight is 291 g/mol. The first-order chi connectivity index (χ1) is 10.1. The smallest absolute Gasteiger partial charge is 0.376 e. The number of hydrogen-bond donors (Lipinski definition) is 0. The summed E-state index contributed by atoms with van der Waals surface area (Å²) in [7, 11) is 1.10. The summed E-state index contributed by atoms with van der Waals surface area (Å²) in [5.41, 5.74) is 0.361. The Kier molecular flexibility index (Phi) is 6.21. The second kappa shape index (κ2) is 7.90. The molecule has 0 bridgehead atoms. The third kappa shape index (κ3) is 3.96. The Bertz CT molecular complexity index is 562. The molecule has 1 aromatic carbocycles. The number of ether oxygens (including phenoxy) is 3. The van der Waals surface area contributed by atoms with Gasteiger partial charge in [-0.15, -0.1) is 0 Å². The van der Waals surface area contributed by atoms with Crippen LogP contribution in [0.4, 0.5) is 0 Å². The summed E-state index contributed by atoms with van der Waals surface area (Å²) in [5, 5.41) is 9.14. The molecular weight excluding hydrogens is 274 g/mol. The third-order valence-electron chi connectivity index (χ3n) is 2.68. The first kappa shape index (κ1) is 16.5. The average Bonchev–Trinajstić information content (AvgIpc) is 2.49. The molecule has 0 heterocycles. The largest absolute Gasteiger partial charge is 0.490 e. The predicted octanol–water partition coefficient (Wildman–Crippen LogP) is 1.83. The second-order valence-electron chi connectivity index (χ2n) is 3.99. The number of ketones is 1. The zero-order valence-corrected chi connectivity index (χ0v) is 12.2. The number of Topliss-reactive ketones (excluding diaryl/α,β-unsaturated/α-hetero) is 1. The number of esters is 1. The molecule has 1 aromatic rings. The van der Waals surface area contributed by atoms with Crippen molar-refractivity contribution in [1.82, 2.24) is 0 Å². The van der Waals surface area contributed by atoms with Crippen LogP contribution in [0.2, 0.25) is 0 Å². The van der Waals surface area contributed by atoms with E-state index in [1.165, 1.54) is 6.07 Å². The molecular formula is C15H17NO5. The Morgan fingerprint density at radius 1 is 1.19 bits per heavy atom. The van der Waals surface area contributed by atoms with E-state index >= 15 is 0 Å². The van der Waals surface area contributed by atoms with Crippen molar-refractivity contribution in [2.75, 3.05) is 20.3 Å². The van der Waals surface area contributed by atoms with E-state index in [-0.39, 0.29) is 0 Å². The van der Waals surface area contributed by atoms with E-state index in [1.807, 2.05) is 19.9 Å². The molecule has 0 radical (unpaired) electrons. The maximum atomic E-state index is 11.8. The fraction of sp³-hybridized carbons (Fsp3) is 0.400. The molecule has 1 rings (SSSR count). The van der Waals surface area contributed by atoms with E-state index in [0.717, 1.165) is 7.11 Å². The van der Waals surface area contributed by atoms with Crippen LogP contribution in [0.1, 0.15) is 25.3 Å². The summed E-state index contributed by atoms with van der Waals surface area (Å²) in [6, 6.07) is 6.51. The summed E-state index contributed by atoms with van der Waals surface area (Å²) in [4.78, 5) is 23.1. The molecule has 0 saturated heterocycles. The van der Waals surface area contributed by atoms with Gasteiger partial charge in [-0.05, 0) is 31.5 Å². The lowest BCUT2D eigenvalue weighted by Gasteiger charge is -2.14. The molecule has 0 saturated carbocycles. The standard InChI is InChI=1S/C15H17NO5/c1-4-20-12-7-6-10(8-13(12)21-5-2)11(9-16)14(17)15(18)19-3/h6-8,11H,4-5H2,1-3H3/t11-/m0/s1. The Morgan fingerprint density at radius 2 is 1.81 bits per heavy atom. The van der Waals surface area contributed by atoms with E-state index in [0.29, 0.717) is 30.3 Å². The number of benzene rings is 1. The van der Waals surface area contributed by atoms with Crippen LogP contribution in [0.5, 0.6) is 11.5 Å². The van der Waals surface area contributed by atoms with Crippen molar-refractivity contribution < 1.29 is 23.8 Å². The van der Waals surface area contributed by atoms with Gasteiger partial charge in [0.05, 0.1) is 26.4 Å². The van der Waals surface area contributed by atoms with Crippen molar-refractivity contribution >= 4 is 11.8 Å². The predicted molar refractivity (Wildman–Crippen MR) is 74.2 cm³/mol. The van der Waals surface area contributed by atoms with Crippen molar-refractivity contribution in [1.29, 1.82) is 5.26 Å². The van der Waals surface area contributed by atoms with Gasteiger partial charge in [-0.2, -0.15) is 5.26 Å². The van der Waals surface area contributed by atoms with Gasteiger partial charge in [0, 0.05) is 0 Å². The van der Waals surface area contributed by atoms with Crippen molar-refractivity contribution in [2.45, 2.75) is 19.8 Å². The number of nitrogens with zero attached hydrogens (tertiary/aromatic N) is 1. The highest BCUT2D eigenvalue weighted by Gasteiger charge is 2.28. The highest BCUT2D eigenvalue weighted by atomic mass is 16.5. The topological polar surface area (TPSA) is 85.6 Å². The summed E-state index contributed by atoms with van der Waals surface area (Å²) in [5.74, 6) is -2.24. The molecule has 0 aliphatic heterocycles. The lowest BCUT2D eigenvalue weighted by atomic mass is 9.95. The summed E-state index contributed by atoms with van der Waals surface area (Å²) < 4.78 is 15.2. The molecule has 0 aliphatic rings. The van der Waals surface area contributed by atoms with E-state index in [9.17, 15) is 9.59 Å². The zero-order chi connectivity index (χ0) is 15.8. The summed E-state index contributed by atoms with van der Waals surface area (Å²) in [6.45, 7) is 4.51. The minimum atomic E-state index is -1.23. The summed E-state index contributed by atoms with van der Waals surface area (Å²) >= 11 is 0. The lowest BCUT2D eigenvalue weighted by molar-refractivity contribution is -0.151. The minimum Gasteiger partial charge on any atom is -0.490 e. The Labute approximate surface area is 123 Å². The van der Waals surface area contributed by atoms with Crippen molar-refractivity contribution in [3.8, 4) is 17.6 Å². The molecule has 0 amide bonds. The molecule has 1 atom stereocenters. The van der Waals surface area contributed by atoms with E-state index < -0.39 is 17.7 Å². The first-order valence-corrected chi connectivity index (χ1v) is 6.50. The lowest BCUT2D eigenvalue weighted by Crippen LogP contribution is -2.22. The highest BCUT2D eigenvalue weighted by molar-refractivity contribution is 6.36. The van der Waals surface area contributed by atoms with Gasteiger partial charge in [0.1, 0.15) is 5.92 Å². The maximum Gasteiger partial charge on any atom is 0.376 e. The van der Waals surface area contributed by atoms with Gasteiger partial charge in [-0.25, -0.2) is 4.79 Å². The number of hydrogen-bond acceptors (Lipinski definition) is 6. The number of carbonyl (C=O) groups is 2. The van der Waals surface area contributed by atoms with Gasteiger partial charge in [-0.3, -0.25) is 4.79 Å². The molecule has 112 valence electrons. The van der Waals surface area contributed by atoms with Gasteiger partial charge in [0.25, 0.3) is 5.78 Å². The van der Waals surface area contributed by atoms with Crippen LogP contribution in [-0.2, 0) is 14.3 Å². The van der Waals surface area contributed by atoms with Crippen LogP contribution in [-0.4, -0.2) is 32.1 Å². The quantitative estimate of drug-likeness (QED) is 0.563. The monoisotopic (exact) mass is 291 g/mol. The third-order valence-corrected chi connectivity index (χ3v) is 2.68. The normalized spacial score (nSPS) is 11.1. The molecule has 0 spiro atoms. The van der Waals surface area contributed by atoms with Gasteiger partial charge >= 0.3 is 5.97 Å². The minimum absolute atomic E-state index is 0.361. The Hall–Kier alpha value is -2.55. The molecule has 0 aromatic heterocycles. The molecule has 6 nitrogen and oxygen atoms in total. The number of rotatable bonds is 7. The van der Waals surface area contributed by atoms with Crippen LogP contribution in [0, 0.1) is 11.3 Å². The second-order valence-corrected chi connectivity index (χ2v) is 3.99. The molecule has 0 fully saturated rings. The van der Waals surface area contributed by atoms with Gasteiger partial charge in [0.15, 0.2) is 11.5 Å². The van der Waals surface area contributed by atoms with E-state index in [2.05, 4.69) is 4.74 Å². The van der Waals surface area contributed by atoms with Crippen LogP contribution in [0.15, 0.2) is 18.2 Å². The Balaban J connectivity index is 3.17. The zero-order valence-electron chi connectivity index (χ0n) is 12.2. The van der Waals surface area contributed by atoms with Crippen LogP contribution < -0.4 is 9.47 Å².